The molecule has 0 fully saturated rings. The second-order valence-electron chi connectivity index (χ2n) is 5.22. The zero-order valence-corrected chi connectivity index (χ0v) is 13.1. The average Bonchev–Trinajstić information content (AvgIpc) is 2.75. The smallest absolute Gasteiger partial charge is 0.120 e. The Bertz CT molecular complexity index is 347. The van der Waals surface area contributed by atoms with E-state index in [0.717, 1.165) is 50.7 Å². The van der Waals surface area contributed by atoms with Crippen LogP contribution in [0.5, 0.6) is 0 Å². The lowest BCUT2D eigenvalue weighted by molar-refractivity contribution is 0.249. The predicted octanol–water partition coefficient (Wildman–Crippen LogP) is 3.71. The van der Waals surface area contributed by atoms with Crippen molar-refractivity contribution in [2.24, 2.45) is 0 Å². The van der Waals surface area contributed by atoms with Gasteiger partial charge in [-0.1, -0.05) is 27.2 Å². The molecule has 19 heavy (non-hydrogen) atoms. The van der Waals surface area contributed by atoms with Crippen LogP contribution in [-0.2, 0) is 13.1 Å². The summed E-state index contributed by atoms with van der Waals surface area (Å²) < 4.78 is 5.97. The molecule has 1 aromatic rings. The summed E-state index contributed by atoms with van der Waals surface area (Å²) in [7, 11) is 0. The van der Waals surface area contributed by atoms with Gasteiger partial charge in [-0.15, -0.1) is 0 Å². The molecule has 0 bridgehead atoms. The number of aryl methyl sites for hydroxylation is 1. The van der Waals surface area contributed by atoms with Crippen LogP contribution in [0.4, 0.5) is 0 Å². The topological polar surface area (TPSA) is 28.4 Å². The second kappa shape index (κ2) is 9.16. The van der Waals surface area contributed by atoms with Crippen molar-refractivity contribution in [3.63, 3.8) is 0 Å². The Morgan fingerprint density at radius 2 is 2.00 bits per heavy atom. The van der Waals surface area contributed by atoms with Crippen LogP contribution in [0.1, 0.15) is 57.1 Å². The summed E-state index contributed by atoms with van der Waals surface area (Å²) in [5.74, 6) is 2.19. The van der Waals surface area contributed by atoms with Gasteiger partial charge in [0.2, 0.25) is 0 Å². The van der Waals surface area contributed by atoms with E-state index in [2.05, 4.69) is 44.0 Å². The maximum atomic E-state index is 5.97. The maximum absolute atomic E-state index is 5.97. The van der Waals surface area contributed by atoms with E-state index in [4.69, 9.17) is 4.42 Å². The number of nitrogens with zero attached hydrogens (tertiary/aromatic N) is 1. The molecular weight excluding hydrogens is 236 g/mol. The Kier molecular flexibility index (Phi) is 7.84. The summed E-state index contributed by atoms with van der Waals surface area (Å²) in [6.45, 7) is 13.9. The van der Waals surface area contributed by atoms with Gasteiger partial charge in [0.05, 0.1) is 13.1 Å². The predicted molar refractivity (Wildman–Crippen MR) is 81.3 cm³/mol. The fourth-order valence-corrected chi connectivity index (χ4v) is 2.17. The number of rotatable bonds is 10. The summed E-state index contributed by atoms with van der Waals surface area (Å²) >= 11 is 0. The van der Waals surface area contributed by atoms with Crippen LogP contribution in [0.15, 0.2) is 10.5 Å². The van der Waals surface area contributed by atoms with Gasteiger partial charge in [0.15, 0.2) is 0 Å². The van der Waals surface area contributed by atoms with Crippen molar-refractivity contribution in [1.29, 1.82) is 0 Å². The molecular formula is C16H30N2O. The third-order valence-corrected chi connectivity index (χ3v) is 3.44. The molecule has 0 aromatic carbocycles. The minimum absolute atomic E-state index is 0.848. The van der Waals surface area contributed by atoms with Gasteiger partial charge in [0.25, 0.3) is 0 Å². The Balaban J connectivity index is 2.51. The van der Waals surface area contributed by atoms with Crippen molar-refractivity contribution in [1.82, 2.24) is 10.2 Å². The van der Waals surface area contributed by atoms with Crippen LogP contribution in [0, 0.1) is 6.92 Å². The Morgan fingerprint density at radius 3 is 2.63 bits per heavy atom. The molecule has 1 heterocycles. The van der Waals surface area contributed by atoms with Crippen LogP contribution in [0.25, 0.3) is 0 Å². The van der Waals surface area contributed by atoms with Gasteiger partial charge < -0.3 is 9.73 Å². The minimum Gasteiger partial charge on any atom is -0.463 e. The van der Waals surface area contributed by atoms with Gasteiger partial charge >= 0.3 is 0 Å². The van der Waals surface area contributed by atoms with Crippen LogP contribution >= 0.6 is 0 Å². The number of unbranched alkanes of at least 4 members (excludes halogenated alkanes) is 1. The third kappa shape index (κ3) is 5.79. The highest BCUT2D eigenvalue weighted by Crippen LogP contribution is 2.16. The summed E-state index contributed by atoms with van der Waals surface area (Å²) in [5, 5.41) is 3.40. The van der Waals surface area contributed by atoms with Crippen molar-refractivity contribution in [2.45, 2.75) is 60.0 Å². The summed E-state index contributed by atoms with van der Waals surface area (Å²) in [6.07, 6.45) is 3.67. The van der Waals surface area contributed by atoms with Gasteiger partial charge in [-0.05, 0) is 51.0 Å². The van der Waals surface area contributed by atoms with Crippen molar-refractivity contribution in [3.8, 4) is 0 Å². The highest BCUT2D eigenvalue weighted by Gasteiger charge is 2.10. The molecule has 0 unspecified atom stereocenters. The molecule has 0 radical (unpaired) electrons. The zero-order chi connectivity index (χ0) is 14.1. The van der Waals surface area contributed by atoms with Gasteiger partial charge in [-0.3, -0.25) is 4.90 Å². The summed E-state index contributed by atoms with van der Waals surface area (Å²) in [5.41, 5.74) is 1.27. The molecule has 110 valence electrons. The Labute approximate surface area is 118 Å². The van der Waals surface area contributed by atoms with Crippen molar-refractivity contribution >= 4 is 0 Å². The van der Waals surface area contributed by atoms with Crippen molar-refractivity contribution < 1.29 is 4.42 Å². The van der Waals surface area contributed by atoms with E-state index in [1.807, 2.05) is 0 Å². The van der Waals surface area contributed by atoms with Crippen LogP contribution < -0.4 is 5.32 Å². The molecule has 0 saturated heterocycles. The lowest BCUT2D eigenvalue weighted by Gasteiger charge is -2.18. The van der Waals surface area contributed by atoms with Crippen molar-refractivity contribution in [2.75, 3.05) is 19.6 Å². The monoisotopic (exact) mass is 266 g/mol. The number of furan rings is 1. The second-order valence-corrected chi connectivity index (χ2v) is 5.22. The highest BCUT2D eigenvalue weighted by molar-refractivity contribution is 5.20. The Morgan fingerprint density at radius 1 is 1.21 bits per heavy atom. The molecule has 0 amide bonds. The first-order chi connectivity index (χ1) is 9.21. The maximum Gasteiger partial charge on any atom is 0.120 e. The molecule has 0 aliphatic heterocycles. The van der Waals surface area contributed by atoms with E-state index in [9.17, 15) is 0 Å². The number of hydrogen-bond acceptors (Lipinski definition) is 3. The minimum atomic E-state index is 0.848. The van der Waals surface area contributed by atoms with E-state index in [1.54, 1.807) is 0 Å². The number of nitrogens with one attached hydrogen (secondary N) is 1. The van der Waals surface area contributed by atoms with E-state index in [0.29, 0.717) is 0 Å². The first kappa shape index (κ1) is 16.3. The lowest BCUT2D eigenvalue weighted by Crippen LogP contribution is -2.23. The molecule has 0 aliphatic carbocycles. The molecule has 1 rings (SSSR count). The van der Waals surface area contributed by atoms with E-state index in [1.165, 1.54) is 18.4 Å². The van der Waals surface area contributed by atoms with Gasteiger partial charge in [-0.2, -0.15) is 0 Å². The first-order valence-electron chi connectivity index (χ1n) is 7.72. The largest absolute Gasteiger partial charge is 0.463 e. The standard InChI is InChI=1S/C16H30N2O/c1-5-8-10-18(7-3)13-15-11-14(4)16(19-15)12-17-9-6-2/h11,17H,5-10,12-13H2,1-4H3. The fraction of sp³-hybridized carbons (Fsp3) is 0.750. The summed E-state index contributed by atoms with van der Waals surface area (Å²) in [4.78, 5) is 2.45. The van der Waals surface area contributed by atoms with Crippen LogP contribution in [0.3, 0.4) is 0 Å². The number of hydrogen-bond donors (Lipinski definition) is 1. The first-order valence-corrected chi connectivity index (χ1v) is 7.72. The molecule has 0 atom stereocenters. The molecule has 0 aliphatic rings. The lowest BCUT2D eigenvalue weighted by atomic mass is 10.2. The van der Waals surface area contributed by atoms with Gasteiger partial charge in [0, 0.05) is 0 Å². The molecule has 0 spiro atoms. The fourth-order valence-electron chi connectivity index (χ4n) is 2.17. The SMILES string of the molecule is CCCCN(CC)Cc1cc(C)c(CNCCC)o1. The van der Waals surface area contributed by atoms with E-state index < -0.39 is 0 Å². The van der Waals surface area contributed by atoms with E-state index >= 15 is 0 Å². The molecule has 0 saturated carbocycles. The quantitative estimate of drug-likeness (QED) is 0.654. The molecule has 3 heteroatoms. The van der Waals surface area contributed by atoms with Crippen molar-refractivity contribution in [3.05, 3.63) is 23.2 Å². The third-order valence-electron chi connectivity index (χ3n) is 3.44. The average molecular weight is 266 g/mol. The summed E-state index contributed by atoms with van der Waals surface area (Å²) in [6, 6.07) is 2.19. The van der Waals surface area contributed by atoms with Crippen LogP contribution in [0.2, 0.25) is 0 Å². The molecule has 1 aromatic heterocycles. The zero-order valence-electron chi connectivity index (χ0n) is 13.1. The molecule has 3 nitrogen and oxygen atoms in total. The Hall–Kier alpha value is -0.800. The van der Waals surface area contributed by atoms with E-state index in [-0.39, 0.29) is 0 Å². The molecule has 1 N–H and O–H groups in total. The highest BCUT2D eigenvalue weighted by atomic mass is 16.3. The van der Waals surface area contributed by atoms with Gasteiger partial charge in [0.1, 0.15) is 11.5 Å². The van der Waals surface area contributed by atoms with Crippen LogP contribution in [-0.4, -0.2) is 24.5 Å². The van der Waals surface area contributed by atoms with Gasteiger partial charge in [-0.25, -0.2) is 0 Å². The normalized spacial score (nSPS) is 11.4.